The summed E-state index contributed by atoms with van der Waals surface area (Å²) in [4.78, 5) is 16.7. The van der Waals surface area contributed by atoms with E-state index in [1.807, 2.05) is 29.2 Å². The third kappa shape index (κ3) is 6.32. The molecule has 0 saturated carbocycles. The fourth-order valence-electron chi connectivity index (χ4n) is 4.03. The van der Waals surface area contributed by atoms with Gasteiger partial charge in [-0.05, 0) is 47.2 Å². The first-order valence-electron chi connectivity index (χ1n) is 11.8. The van der Waals surface area contributed by atoms with Gasteiger partial charge in [0, 0.05) is 39.3 Å². The molecule has 0 spiro atoms. The number of hydrogen-bond donors (Lipinski definition) is 1. The smallest absolute Gasteiger partial charge is 0.317 e. The molecule has 0 aliphatic carbocycles. The van der Waals surface area contributed by atoms with E-state index in [0.717, 1.165) is 56.4 Å². The van der Waals surface area contributed by atoms with Crippen LogP contribution in [0.15, 0.2) is 42.5 Å². The first kappa shape index (κ1) is 23.2. The number of ether oxygens (including phenoxy) is 3. The molecule has 2 aliphatic heterocycles. The molecule has 2 heterocycles. The van der Waals surface area contributed by atoms with Gasteiger partial charge in [-0.2, -0.15) is 0 Å². The first-order valence-corrected chi connectivity index (χ1v) is 11.8. The number of fused-ring (bicyclic) bond motifs is 1. The third-order valence-electron chi connectivity index (χ3n) is 6.09. The van der Waals surface area contributed by atoms with Crippen LogP contribution in [0.3, 0.4) is 0 Å². The summed E-state index contributed by atoms with van der Waals surface area (Å²) in [5.41, 5.74) is 2.63. The molecule has 1 N–H and O–H groups in total. The number of nitrogens with zero attached hydrogens (tertiary/aromatic N) is 2. The second kappa shape index (κ2) is 10.3. The fourth-order valence-corrected chi connectivity index (χ4v) is 4.03. The molecular weight excluding hydrogens is 418 g/mol. The standard InChI is InChI=1S/C26H35N3O4/c1-26(2,3)21-6-8-22(9-7-21)31-16-4-11-27-25(30)29-14-12-28(13-15-29)18-20-5-10-23-24(17-20)33-19-32-23/h5-10,17H,4,11-16,18-19H2,1-3H3,(H,27,30). The van der Waals surface area contributed by atoms with Crippen molar-refractivity contribution >= 4 is 6.03 Å². The molecule has 0 bridgehead atoms. The van der Waals surface area contributed by atoms with Crippen molar-refractivity contribution in [3.05, 3.63) is 53.6 Å². The first-order chi connectivity index (χ1) is 15.9. The lowest BCUT2D eigenvalue weighted by Crippen LogP contribution is -2.51. The van der Waals surface area contributed by atoms with Crippen molar-refractivity contribution in [2.75, 3.05) is 46.1 Å². The van der Waals surface area contributed by atoms with Crippen LogP contribution in [0.1, 0.15) is 38.3 Å². The summed E-state index contributed by atoms with van der Waals surface area (Å²) in [6, 6.07) is 14.4. The maximum Gasteiger partial charge on any atom is 0.317 e. The molecule has 0 aromatic heterocycles. The van der Waals surface area contributed by atoms with Crippen molar-refractivity contribution in [2.24, 2.45) is 0 Å². The van der Waals surface area contributed by atoms with Gasteiger partial charge in [-0.25, -0.2) is 4.79 Å². The Bertz CT molecular complexity index is 932. The van der Waals surface area contributed by atoms with E-state index in [9.17, 15) is 4.79 Å². The van der Waals surface area contributed by atoms with Gasteiger partial charge in [0.2, 0.25) is 6.79 Å². The SMILES string of the molecule is CC(C)(C)c1ccc(OCCCNC(=O)N2CCN(Cc3ccc4c(c3)OCO4)CC2)cc1. The Balaban J connectivity index is 1.11. The van der Waals surface area contributed by atoms with Crippen molar-refractivity contribution in [3.63, 3.8) is 0 Å². The number of carbonyl (C=O) groups is 1. The van der Waals surface area contributed by atoms with Crippen molar-refractivity contribution in [1.29, 1.82) is 0 Å². The van der Waals surface area contributed by atoms with Crippen LogP contribution in [0.4, 0.5) is 4.79 Å². The molecule has 1 fully saturated rings. The van der Waals surface area contributed by atoms with E-state index in [1.165, 1.54) is 11.1 Å². The van der Waals surface area contributed by atoms with Gasteiger partial charge in [0.15, 0.2) is 11.5 Å². The van der Waals surface area contributed by atoms with Crippen LogP contribution in [-0.4, -0.2) is 62.0 Å². The van der Waals surface area contributed by atoms with E-state index in [-0.39, 0.29) is 11.4 Å². The van der Waals surface area contributed by atoms with Crippen LogP contribution in [0.5, 0.6) is 17.2 Å². The quantitative estimate of drug-likeness (QED) is 0.642. The molecule has 7 heteroatoms. The molecule has 2 aromatic rings. The fraction of sp³-hybridized carbons (Fsp3) is 0.500. The van der Waals surface area contributed by atoms with Crippen molar-refractivity contribution in [2.45, 2.75) is 39.2 Å². The Morgan fingerprint density at radius 1 is 1.00 bits per heavy atom. The molecule has 2 aliphatic rings. The van der Waals surface area contributed by atoms with Crippen LogP contribution in [0.2, 0.25) is 0 Å². The van der Waals surface area contributed by atoms with Crippen molar-refractivity contribution in [1.82, 2.24) is 15.1 Å². The average Bonchev–Trinajstić information content (AvgIpc) is 3.27. The summed E-state index contributed by atoms with van der Waals surface area (Å²) in [6.07, 6.45) is 0.775. The summed E-state index contributed by atoms with van der Waals surface area (Å²) >= 11 is 0. The Morgan fingerprint density at radius 3 is 2.45 bits per heavy atom. The van der Waals surface area contributed by atoms with Crippen LogP contribution in [-0.2, 0) is 12.0 Å². The molecule has 0 radical (unpaired) electrons. The molecule has 1 saturated heterocycles. The zero-order valence-corrected chi connectivity index (χ0v) is 19.9. The van der Waals surface area contributed by atoms with Crippen LogP contribution < -0.4 is 19.5 Å². The minimum absolute atomic E-state index is 0.00672. The van der Waals surface area contributed by atoms with Gasteiger partial charge in [0.1, 0.15) is 5.75 Å². The van der Waals surface area contributed by atoms with Crippen LogP contribution in [0, 0.1) is 0 Å². The van der Waals surface area contributed by atoms with E-state index in [0.29, 0.717) is 19.9 Å². The number of carbonyl (C=O) groups excluding carboxylic acids is 1. The van der Waals surface area contributed by atoms with Gasteiger partial charge in [0.25, 0.3) is 0 Å². The monoisotopic (exact) mass is 453 g/mol. The van der Waals surface area contributed by atoms with Crippen LogP contribution >= 0.6 is 0 Å². The lowest BCUT2D eigenvalue weighted by Gasteiger charge is -2.34. The second-order valence-corrected chi connectivity index (χ2v) is 9.66. The molecule has 0 atom stereocenters. The topological polar surface area (TPSA) is 63.3 Å². The molecule has 33 heavy (non-hydrogen) atoms. The number of amides is 2. The van der Waals surface area contributed by atoms with Gasteiger partial charge in [-0.15, -0.1) is 0 Å². The highest BCUT2D eigenvalue weighted by atomic mass is 16.7. The van der Waals surface area contributed by atoms with E-state index >= 15 is 0 Å². The largest absolute Gasteiger partial charge is 0.494 e. The Kier molecular flexibility index (Phi) is 7.28. The van der Waals surface area contributed by atoms with Crippen LogP contribution in [0.25, 0.3) is 0 Å². The molecule has 2 amide bonds. The molecule has 0 unspecified atom stereocenters. The highest BCUT2D eigenvalue weighted by Gasteiger charge is 2.22. The Labute approximate surface area is 196 Å². The lowest BCUT2D eigenvalue weighted by molar-refractivity contribution is 0.135. The summed E-state index contributed by atoms with van der Waals surface area (Å²) in [5.74, 6) is 2.49. The molecule has 178 valence electrons. The molecule has 2 aromatic carbocycles. The summed E-state index contributed by atoms with van der Waals surface area (Å²) in [7, 11) is 0. The predicted octanol–water partition coefficient (Wildman–Crippen LogP) is 4.01. The predicted molar refractivity (Wildman–Crippen MR) is 128 cm³/mol. The normalized spacial score (nSPS) is 16.0. The number of nitrogens with one attached hydrogen (secondary N) is 1. The third-order valence-corrected chi connectivity index (χ3v) is 6.09. The minimum atomic E-state index is 0.00672. The van der Waals surface area contributed by atoms with E-state index in [4.69, 9.17) is 14.2 Å². The molecule has 4 rings (SSSR count). The zero-order valence-electron chi connectivity index (χ0n) is 19.9. The maximum absolute atomic E-state index is 12.5. The lowest BCUT2D eigenvalue weighted by atomic mass is 9.87. The number of urea groups is 1. The Morgan fingerprint density at radius 2 is 1.73 bits per heavy atom. The van der Waals surface area contributed by atoms with E-state index in [1.54, 1.807) is 0 Å². The molecular formula is C26H35N3O4. The summed E-state index contributed by atoms with van der Waals surface area (Å²) < 4.78 is 16.6. The van der Waals surface area contributed by atoms with Gasteiger partial charge in [0.05, 0.1) is 6.61 Å². The van der Waals surface area contributed by atoms with Crippen molar-refractivity contribution in [3.8, 4) is 17.2 Å². The average molecular weight is 454 g/mol. The highest BCUT2D eigenvalue weighted by Crippen LogP contribution is 2.32. The summed E-state index contributed by atoms with van der Waals surface area (Å²) in [6.45, 7) is 12.1. The highest BCUT2D eigenvalue weighted by molar-refractivity contribution is 5.74. The van der Waals surface area contributed by atoms with Gasteiger partial charge >= 0.3 is 6.03 Å². The number of piperazine rings is 1. The van der Waals surface area contributed by atoms with Gasteiger partial charge in [-0.3, -0.25) is 4.90 Å². The summed E-state index contributed by atoms with van der Waals surface area (Å²) in [5, 5.41) is 3.02. The second-order valence-electron chi connectivity index (χ2n) is 9.66. The maximum atomic E-state index is 12.5. The van der Waals surface area contributed by atoms with Gasteiger partial charge < -0.3 is 24.4 Å². The van der Waals surface area contributed by atoms with E-state index in [2.05, 4.69) is 49.2 Å². The number of benzene rings is 2. The number of hydrogen-bond acceptors (Lipinski definition) is 5. The number of rotatable bonds is 7. The van der Waals surface area contributed by atoms with Gasteiger partial charge in [-0.1, -0.05) is 39.0 Å². The zero-order chi connectivity index (χ0) is 23.3. The molecule has 7 nitrogen and oxygen atoms in total. The minimum Gasteiger partial charge on any atom is -0.494 e. The Hall–Kier alpha value is -2.93. The van der Waals surface area contributed by atoms with Crippen molar-refractivity contribution < 1.29 is 19.0 Å². The van der Waals surface area contributed by atoms with E-state index < -0.39 is 0 Å².